The lowest BCUT2D eigenvalue weighted by Crippen LogP contribution is -2.49. The van der Waals surface area contributed by atoms with E-state index in [1.807, 2.05) is 41.1 Å². The summed E-state index contributed by atoms with van der Waals surface area (Å²) in [4.78, 5) is 30.7. The first-order valence-electron chi connectivity index (χ1n) is 7.33. The summed E-state index contributed by atoms with van der Waals surface area (Å²) in [5.74, 6) is 0.113. The van der Waals surface area contributed by atoms with Crippen LogP contribution < -0.4 is 4.90 Å². The van der Waals surface area contributed by atoms with E-state index < -0.39 is 5.54 Å². The third kappa shape index (κ3) is 2.50. The maximum Gasteiger partial charge on any atom is 0.241 e. The molecule has 1 aromatic rings. The van der Waals surface area contributed by atoms with Crippen LogP contribution in [0.1, 0.15) is 24.8 Å². The molecule has 0 atom stereocenters. The van der Waals surface area contributed by atoms with Crippen LogP contribution in [0, 0.1) is 0 Å². The second kappa shape index (κ2) is 5.43. The first-order chi connectivity index (χ1) is 10.1. The first-order valence-corrected chi connectivity index (χ1v) is 7.33. The molecule has 0 spiro atoms. The van der Waals surface area contributed by atoms with E-state index in [1.54, 1.807) is 6.08 Å². The quantitative estimate of drug-likeness (QED) is 0.627. The van der Waals surface area contributed by atoms with Gasteiger partial charge in [-0.3, -0.25) is 9.69 Å². The van der Waals surface area contributed by atoms with Crippen molar-refractivity contribution in [3.63, 3.8) is 0 Å². The van der Waals surface area contributed by atoms with Crippen LogP contribution in [0.3, 0.4) is 0 Å². The molecule has 2 aliphatic rings. The fourth-order valence-corrected chi connectivity index (χ4v) is 3.09. The van der Waals surface area contributed by atoms with Crippen LogP contribution in [0.15, 0.2) is 29.3 Å². The Morgan fingerprint density at radius 3 is 2.71 bits per heavy atom. The van der Waals surface area contributed by atoms with E-state index in [9.17, 15) is 9.59 Å². The predicted molar refractivity (Wildman–Crippen MR) is 79.9 cm³/mol. The van der Waals surface area contributed by atoms with Crippen LogP contribution in [-0.2, 0) is 15.1 Å². The molecule has 0 radical (unpaired) electrons. The number of piperazine rings is 1. The third-order valence-electron chi connectivity index (χ3n) is 4.55. The van der Waals surface area contributed by atoms with E-state index in [4.69, 9.17) is 0 Å². The van der Waals surface area contributed by atoms with E-state index in [0.717, 1.165) is 37.1 Å². The molecule has 110 valence electrons. The van der Waals surface area contributed by atoms with Crippen LogP contribution in [-0.4, -0.2) is 43.6 Å². The minimum absolute atomic E-state index is 0.113. The zero-order valence-electron chi connectivity index (χ0n) is 12.2. The molecule has 0 bridgehead atoms. The zero-order chi connectivity index (χ0) is 14.9. The van der Waals surface area contributed by atoms with Gasteiger partial charge in [-0.25, -0.2) is 4.79 Å². The summed E-state index contributed by atoms with van der Waals surface area (Å²) in [6, 6.07) is 7.88. The van der Waals surface area contributed by atoms with Gasteiger partial charge in [-0.05, 0) is 44.0 Å². The molecule has 1 amide bonds. The van der Waals surface area contributed by atoms with Gasteiger partial charge in [-0.2, -0.15) is 4.99 Å². The van der Waals surface area contributed by atoms with Gasteiger partial charge >= 0.3 is 0 Å². The molecule has 1 aliphatic carbocycles. The third-order valence-corrected chi connectivity index (χ3v) is 4.55. The molecule has 0 unspecified atom stereocenters. The smallest absolute Gasteiger partial charge is 0.241 e. The fourth-order valence-electron chi connectivity index (χ4n) is 3.09. The van der Waals surface area contributed by atoms with Gasteiger partial charge in [0.1, 0.15) is 0 Å². The van der Waals surface area contributed by atoms with Crippen molar-refractivity contribution in [2.24, 2.45) is 4.99 Å². The van der Waals surface area contributed by atoms with Crippen molar-refractivity contribution in [2.75, 3.05) is 31.6 Å². The van der Waals surface area contributed by atoms with Gasteiger partial charge in [0, 0.05) is 18.8 Å². The number of anilines is 1. The summed E-state index contributed by atoms with van der Waals surface area (Å²) in [5, 5.41) is 0. The lowest BCUT2D eigenvalue weighted by Gasteiger charge is -2.38. The topological polar surface area (TPSA) is 53.0 Å². The largest absolute Gasteiger partial charge is 0.310 e. The molecule has 1 saturated carbocycles. The summed E-state index contributed by atoms with van der Waals surface area (Å²) in [7, 11) is 1.95. The number of carbonyl (C=O) groups excluding carboxylic acids is 2. The molecule has 0 N–H and O–H groups in total. The van der Waals surface area contributed by atoms with Gasteiger partial charge in [0.25, 0.3) is 0 Å². The molecule has 3 rings (SSSR count). The van der Waals surface area contributed by atoms with Gasteiger partial charge in [-0.15, -0.1) is 0 Å². The number of nitrogens with zero attached hydrogens (tertiary/aromatic N) is 3. The molecule has 5 heteroatoms. The summed E-state index contributed by atoms with van der Waals surface area (Å²) in [5.41, 5.74) is 1.51. The minimum atomic E-state index is -0.409. The lowest BCUT2D eigenvalue weighted by molar-refractivity contribution is -0.120. The van der Waals surface area contributed by atoms with Gasteiger partial charge in [0.05, 0.1) is 12.1 Å². The molecule has 2 fully saturated rings. The number of carbonyl (C=O) groups is 1. The highest BCUT2D eigenvalue weighted by atomic mass is 16.2. The molecule has 1 aromatic carbocycles. The van der Waals surface area contributed by atoms with Crippen LogP contribution in [0.5, 0.6) is 0 Å². The molecular weight excluding hydrogens is 266 g/mol. The number of likely N-dealkylation sites (N-methyl/N-ethyl adjacent to an activating group) is 1. The van der Waals surface area contributed by atoms with Crippen molar-refractivity contribution in [3.05, 3.63) is 29.8 Å². The zero-order valence-corrected chi connectivity index (χ0v) is 12.2. The van der Waals surface area contributed by atoms with Crippen molar-refractivity contribution >= 4 is 17.7 Å². The van der Waals surface area contributed by atoms with E-state index in [-0.39, 0.29) is 5.91 Å². The van der Waals surface area contributed by atoms with E-state index in [1.165, 1.54) is 0 Å². The summed E-state index contributed by atoms with van der Waals surface area (Å²) in [6.45, 7) is 2.01. The van der Waals surface area contributed by atoms with Crippen molar-refractivity contribution in [3.8, 4) is 0 Å². The maximum absolute atomic E-state index is 12.2. The predicted octanol–water partition coefficient (Wildman–Crippen LogP) is 1.68. The number of rotatable bonds is 3. The lowest BCUT2D eigenvalue weighted by atomic mass is 9.72. The van der Waals surface area contributed by atoms with Crippen LogP contribution in [0.4, 0.5) is 5.69 Å². The average Bonchev–Trinajstić information content (AvgIpc) is 2.43. The van der Waals surface area contributed by atoms with E-state index >= 15 is 0 Å². The Labute approximate surface area is 124 Å². The Kier molecular flexibility index (Phi) is 3.62. The van der Waals surface area contributed by atoms with E-state index in [0.29, 0.717) is 13.1 Å². The first kappa shape index (κ1) is 14.0. The van der Waals surface area contributed by atoms with Crippen molar-refractivity contribution in [2.45, 2.75) is 24.8 Å². The normalized spacial score (nSPS) is 21.6. The molecule has 1 aliphatic heterocycles. The summed E-state index contributed by atoms with van der Waals surface area (Å²) in [6.07, 6.45) is 4.54. The number of isocyanates is 1. The fraction of sp³-hybridized carbons (Fsp3) is 0.500. The Morgan fingerprint density at radius 1 is 1.29 bits per heavy atom. The van der Waals surface area contributed by atoms with Crippen LogP contribution in [0.2, 0.25) is 0 Å². The molecule has 21 heavy (non-hydrogen) atoms. The molecule has 0 aromatic heterocycles. The van der Waals surface area contributed by atoms with Crippen LogP contribution >= 0.6 is 0 Å². The Morgan fingerprint density at radius 2 is 2.10 bits per heavy atom. The summed E-state index contributed by atoms with van der Waals surface area (Å²) >= 11 is 0. The van der Waals surface area contributed by atoms with Gasteiger partial charge < -0.3 is 4.90 Å². The van der Waals surface area contributed by atoms with Crippen molar-refractivity contribution in [1.82, 2.24) is 4.90 Å². The highest BCUT2D eigenvalue weighted by molar-refractivity contribution is 5.95. The Hall–Kier alpha value is -1.97. The Balaban J connectivity index is 1.90. The molecular formula is C16H19N3O2. The van der Waals surface area contributed by atoms with Gasteiger partial charge in [0.2, 0.25) is 12.0 Å². The van der Waals surface area contributed by atoms with Crippen molar-refractivity contribution in [1.29, 1.82) is 0 Å². The van der Waals surface area contributed by atoms with Gasteiger partial charge in [-0.1, -0.05) is 12.1 Å². The number of amides is 1. The standard InChI is InChI=1S/C16H19N3O2/c1-18-8-9-19(15(21)11-18)14-5-2-4-13(10-14)16(17-12-20)6-3-7-16/h2,4-5,10H,3,6-9,11H2,1H3. The maximum atomic E-state index is 12.2. The second-order valence-electron chi connectivity index (χ2n) is 5.92. The second-order valence-corrected chi connectivity index (χ2v) is 5.92. The van der Waals surface area contributed by atoms with Crippen molar-refractivity contribution < 1.29 is 9.59 Å². The Bertz CT molecular complexity index is 603. The highest BCUT2D eigenvalue weighted by Crippen LogP contribution is 2.45. The molecule has 5 nitrogen and oxygen atoms in total. The highest BCUT2D eigenvalue weighted by Gasteiger charge is 2.39. The van der Waals surface area contributed by atoms with E-state index in [2.05, 4.69) is 4.99 Å². The number of hydrogen-bond donors (Lipinski definition) is 0. The van der Waals surface area contributed by atoms with Gasteiger partial charge in [0.15, 0.2) is 0 Å². The SMILES string of the molecule is CN1CCN(c2cccc(C3(N=C=O)CCC3)c2)C(=O)C1. The minimum Gasteiger partial charge on any atom is -0.310 e. The summed E-state index contributed by atoms with van der Waals surface area (Å²) < 4.78 is 0. The molecule has 1 heterocycles. The number of aliphatic imine (C=N–C) groups is 1. The number of benzene rings is 1. The average molecular weight is 285 g/mol. The number of hydrogen-bond acceptors (Lipinski definition) is 4. The monoisotopic (exact) mass is 285 g/mol. The van der Waals surface area contributed by atoms with Crippen LogP contribution in [0.25, 0.3) is 0 Å². The molecule has 1 saturated heterocycles.